The summed E-state index contributed by atoms with van der Waals surface area (Å²) in [5.74, 6) is 0. The van der Waals surface area contributed by atoms with Gasteiger partial charge in [0.25, 0.3) is 0 Å². The van der Waals surface area contributed by atoms with E-state index in [0.717, 1.165) is 0 Å². The quantitative estimate of drug-likeness (QED) is 0.616. The van der Waals surface area contributed by atoms with Crippen LogP contribution in [0.2, 0.25) is 13.1 Å². The average Bonchev–Trinajstić information content (AvgIpc) is 2.37. The van der Waals surface area contributed by atoms with Crippen LogP contribution in [0.25, 0.3) is 0 Å². The lowest BCUT2D eigenvalue weighted by Gasteiger charge is -2.22. The van der Waals surface area contributed by atoms with Crippen LogP contribution < -0.4 is 0 Å². The van der Waals surface area contributed by atoms with Crippen LogP contribution in [0.4, 0.5) is 0 Å². The van der Waals surface area contributed by atoms with Crippen LogP contribution in [-0.4, -0.2) is 74.6 Å². The lowest BCUT2D eigenvalue weighted by Crippen LogP contribution is -2.37. The van der Waals surface area contributed by atoms with Crippen molar-refractivity contribution in [3.05, 3.63) is 0 Å². The van der Waals surface area contributed by atoms with E-state index in [1.807, 2.05) is 13.1 Å². The summed E-state index contributed by atoms with van der Waals surface area (Å²) in [5.41, 5.74) is 0. The molecule has 0 atom stereocenters. The van der Waals surface area contributed by atoms with Gasteiger partial charge in [0.15, 0.2) is 0 Å². The van der Waals surface area contributed by atoms with E-state index < -0.39 is 8.56 Å². The summed E-state index contributed by atoms with van der Waals surface area (Å²) < 4.78 is 33.0. The summed E-state index contributed by atoms with van der Waals surface area (Å²) in [6.45, 7) is 9.78. The molecule has 0 aliphatic carbocycles. The van der Waals surface area contributed by atoms with E-state index in [9.17, 15) is 0 Å². The van der Waals surface area contributed by atoms with Gasteiger partial charge in [-0.25, -0.2) is 0 Å². The van der Waals surface area contributed by atoms with Gasteiger partial charge in [-0.15, -0.1) is 0 Å². The molecule has 1 saturated heterocycles. The second-order valence-electron chi connectivity index (χ2n) is 4.55. The molecule has 0 aromatic heterocycles. The molecule has 0 spiro atoms. The van der Waals surface area contributed by atoms with Crippen molar-refractivity contribution >= 4 is 8.56 Å². The molecule has 0 amide bonds. The normalized spacial score (nSPS) is 25.6. The minimum Gasteiger partial charge on any atom is -0.392 e. The summed E-state index contributed by atoms with van der Waals surface area (Å²) in [6.07, 6.45) is 0. The fraction of sp³-hybridized carbons (Fsp3) is 1.00. The fourth-order valence-electron chi connectivity index (χ4n) is 1.50. The van der Waals surface area contributed by atoms with E-state index in [1.165, 1.54) is 0 Å². The molecule has 0 N–H and O–H groups in total. The second kappa shape index (κ2) is 10.7. The zero-order chi connectivity index (χ0) is 13.8. The van der Waals surface area contributed by atoms with Gasteiger partial charge in [0.2, 0.25) is 0 Å². The highest BCUT2D eigenvalue weighted by Gasteiger charge is 2.24. The number of rotatable bonds is 0. The third-order valence-corrected chi connectivity index (χ3v) is 4.27. The molecule has 0 aromatic rings. The fourth-order valence-corrected chi connectivity index (χ4v) is 2.73. The number of ether oxygens (including phenoxy) is 4. The van der Waals surface area contributed by atoms with Gasteiger partial charge in [-0.05, 0) is 13.1 Å². The molecule has 0 radical (unpaired) electrons. The van der Waals surface area contributed by atoms with Gasteiger partial charge in [0.05, 0.1) is 66.1 Å². The maximum absolute atomic E-state index is 5.73. The molecule has 19 heavy (non-hydrogen) atoms. The molecule has 114 valence electrons. The third-order valence-electron chi connectivity index (χ3n) is 2.47. The molecule has 1 heterocycles. The number of hydrogen-bond acceptors (Lipinski definition) is 6. The number of hydrogen-bond donors (Lipinski definition) is 0. The van der Waals surface area contributed by atoms with E-state index in [-0.39, 0.29) is 0 Å². The molecular weight excluding hydrogens is 268 g/mol. The largest absolute Gasteiger partial charge is 0.392 e. The highest BCUT2D eigenvalue weighted by molar-refractivity contribution is 6.64. The molecule has 0 saturated carbocycles. The molecule has 0 aromatic carbocycles. The molecule has 1 aliphatic heterocycles. The molecule has 1 aliphatic rings. The Morgan fingerprint density at radius 3 is 1.05 bits per heavy atom. The second-order valence-corrected chi connectivity index (χ2v) is 7.92. The standard InChI is InChI=1S/C12H26O6Si/c1-19(2)17-11-9-15-7-5-13-3-4-14-6-8-16-10-12-18-19/h3-12H2,1-2H3. The first-order valence-electron chi connectivity index (χ1n) is 6.79. The van der Waals surface area contributed by atoms with Gasteiger partial charge in [0.1, 0.15) is 0 Å². The van der Waals surface area contributed by atoms with Crippen LogP contribution in [0.1, 0.15) is 0 Å². The van der Waals surface area contributed by atoms with Crippen molar-refractivity contribution in [1.29, 1.82) is 0 Å². The van der Waals surface area contributed by atoms with E-state index >= 15 is 0 Å². The van der Waals surface area contributed by atoms with Gasteiger partial charge in [0, 0.05) is 0 Å². The van der Waals surface area contributed by atoms with Crippen molar-refractivity contribution in [3.63, 3.8) is 0 Å². The van der Waals surface area contributed by atoms with Gasteiger partial charge in [-0.1, -0.05) is 0 Å². The molecule has 1 rings (SSSR count). The van der Waals surface area contributed by atoms with Crippen molar-refractivity contribution in [3.8, 4) is 0 Å². The van der Waals surface area contributed by atoms with Gasteiger partial charge < -0.3 is 27.8 Å². The third kappa shape index (κ3) is 10.4. The first-order valence-corrected chi connectivity index (χ1v) is 9.61. The van der Waals surface area contributed by atoms with Crippen LogP contribution >= 0.6 is 0 Å². The lowest BCUT2D eigenvalue weighted by molar-refractivity contribution is -0.00426. The maximum Gasteiger partial charge on any atom is 0.331 e. The molecule has 0 bridgehead atoms. The van der Waals surface area contributed by atoms with Crippen molar-refractivity contribution in [2.75, 3.05) is 66.1 Å². The van der Waals surface area contributed by atoms with Crippen LogP contribution in [0.3, 0.4) is 0 Å². The van der Waals surface area contributed by atoms with Crippen LogP contribution in [0.5, 0.6) is 0 Å². The molecule has 7 heteroatoms. The summed E-state index contributed by atoms with van der Waals surface area (Å²) in [6, 6.07) is 0. The monoisotopic (exact) mass is 294 g/mol. The minimum absolute atomic E-state index is 0.559. The Morgan fingerprint density at radius 1 is 0.474 bits per heavy atom. The molecule has 6 nitrogen and oxygen atoms in total. The van der Waals surface area contributed by atoms with Crippen LogP contribution in [0.15, 0.2) is 0 Å². The molecule has 1 fully saturated rings. The van der Waals surface area contributed by atoms with E-state index in [1.54, 1.807) is 0 Å². The van der Waals surface area contributed by atoms with Crippen molar-refractivity contribution in [2.24, 2.45) is 0 Å². The van der Waals surface area contributed by atoms with Crippen molar-refractivity contribution in [2.45, 2.75) is 13.1 Å². The summed E-state index contributed by atoms with van der Waals surface area (Å²) in [7, 11) is -2.05. The zero-order valence-electron chi connectivity index (χ0n) is 12.0. The van der Waals surface area contributed by atoms with E-state index in [4.69, 9.17) is 27.8 Å². The summed E-state index contributed by atoms with van der Waals surface area (Å²) in [4.78, 5) is 0. The molecular formula is C12H26O6Si. The van der Waals surface area contributed by atoms with E-state index in [2.05, 4.69) is 0 Å². The van der Waals surface area contributed by atoms with Gasteiger partial charge in [-0.3, -0.25) is 0 Å². The Hall–Kier alpha value is -0.0231. The lowest BCUT2D eigenvalue weighted by atomic mass is 10.7. The summed E-state index contributed by atoms with van der Waals surface area (Å²) >= 11 is 0. The highest BCUT2D eigenvalue weighted by atomic mass is 28.4. The average molecular weight is 294 g/mol. The predicted octanol–water partition coefficient (Wildman–Crippen LogP) is 0.801. The van der Waals surface area contributed by atoms with Crippen molar-refractivity contribution in [1.82, 2.24) is 0 Å². The Kier molecular flexibility index (Phi) is 9.61. The van der Waals surface area contributed by atoms with Gasteiger partial charge >= 0.3 is 8.56 Å². The topological polar surface area (TPSA) is 55.4 Å². The van der Waals surface area contributed by atoms with Crippen LogP contribution in [0, 0.1) is 0 Å². The Morgan fingerprint density at radius 2 is 0.737 bits per heavy atom. The van der Waals surface area contributed by atoms with Gasteiger partial charge in [-0.2, -0.15) is 0 Å². The predicted molar refractivity (Wildman–Crippen MR) is 72.7 cm³/mol. The van der Waals surface area contributed by atoms with E-state index in [0.29, 0.717) is 66.1 Å². The summed E-state index contributed by atoms with van der Waals surface area (Å²) in [5, 5.41) is 0. The zero-order valence-corrected chi connectivity index (χ0v) is 13.0. The molecule has 0 unspecified atom stereocenters. The highest BCUT2D eigenvalue weighted by Crippen LogP contribution is 2.05. The first-order chi connectivity index (χ1) is 9.21. The Bertz CT molecular complexity index is 194. The SMILES string of the molecule is C[Si]1(C)OCCOCCOCCOCCOCCO1. The Balaban J connectivity index is 2.20. The van der Waals surface area contributed by atoms with Crippen molar-refractivity contribution < 1.29 is 27.8 Å². The Labute approximate surface area is 116 Å². The first kappa shape index (κ1) is 17.0. The maximum atomic E-state index is 5.73. The minimum atomic E-state index is -2.05. The van der Waals surface area contributed by atoms with Crippen LogP contribution in [-0.2, 0) is 27.8 Å². The smallest absolute Gasteiger partial charge is 0.331 e.